The van der Waals surface area contributed by atoms with Crippen molar-refractivity contribution >= 4 is 18.0 Å². The van der Waals surface area contributed by atoms with Gasteiger partial charge in [0.2, 0.25) is 5.91 Å². The van der Waals surface area contributed by atoms with Crippen LogP contribution in [0.4, 0.5) is 4.79 Å². The third-order valence-corrected chi connectivity index (χ3v) is 4.92. The third kappa shape index (κ3) is 4.96. The van der Waals surface area contributed by atoms with Crippen LogP contribution in [0.1, 0.15) is 30.4 Å². The summed E-state index contributed by atoms with van der Waals surface area (Å²) in [5, 5.41) is 12.1. The summed E-state index contributed by atoms with van der Waals surface area (Å²) in [7, 11) is 1.32. The van der Waals surface area contributed by atoms with E-state index in [0.29, 0.717) is 0 Å². The van der Waals surface area contributed by atoms with Crippen LogP contribution in [-0.2, 0) is 19.2 Å². The molecule has 0 heterocycles. The first-order chi connectivity index (χ1) is 14.4. The molecule has 1 aliphatic carbocycles. The second-order valence-electron chi connectivity index (χ2n) is 7.13. The largest absolute Gasteiger partial charge is 0.479 e. The van der Waals surface area contributed by atoms with Crippen molar-refractivity contribution in [1.29, 1.82) is 0 Å². The van der Waals surface area contributed by atoms with Crippen molar-refractivity contribution in [1.82, 2.24) is 10.4 Å². The number of rotatable bonds is 8. The summed E-state index contributed by atoms with van der Waals surface area (Å²) in [5.41, 5.74) is 4.52. The molecule has 8 nitrogen and oxygen atoms in total. The summed E-state index contributed by atoms with van der Waals surface area (Å²) in [6.07, 6.45) is -0.674. The molecule has 1 aliphatic rings. The van der Waals surface area contributed by atoms with Gasteiger partial charge in [-0.1, -0.05) is 48.5 Å². The molecule has 0 unspecified atom stereocenters. The van der Waals surface area contributed by atoms with Crippen molar-refractivity contribution in [3.05, 3.63) is 59.7 Å². The molecule has 0 saturated carbocycles. The number of ether oxygens (including phenoxy) is 1. The second kappa shape index (κ2) is 9.41. The van der Waals surface area contributed by atoms with E-state index in [0.717, 1.165) is 27.3 Å². The highest BCUT2D eigenvalue weighted by molar-refractivity contribution is 5.79. The molecule has 0 bridgehead atoms. The molecule has 2 aromatic rings. The molecule has 2 N–H and O–H groups in total. The Morgan fingerprint density at radius 2 is 1.63 bits per heavy atom. The molecule has 1 atom stereocenters. The van der Waals surface area contributed by atoms with Crippen LogP contribution in [0.15, 0.2) is 48.5 Å². The monoisotopic (exact) mass is 412 g/mol. The number of carboxylic acids is 1. The quantitative estimate of drug-likeness (QED) is 0.646. The van der Waals surface area contributed by atoms with Crippen molar-refractivity contribution in [2.24, 2.45) is 0 Å². The van der Waals surface area contributed by atoms with Gasteiger partial charge in [-0.3, -0.25) is 9.63 Å². The minimum Gasteiger partial charge on any atom is -0.479 e. The number of aliphatic carboxylic acids is 1. The first-order valence-electron chi connectivity index (χ1n) is 9.59. The third-order valence-electron chi connectivity index (χ3n) is 4.92. The lowest BCUT2D eigenvalue weighted by atomic mass is 9.98. The predicted molar refractivity (Wildman–Crippen MR) is 109 cm³/mol. The first-order valence-corrected chi connectivity index (χ1v) is 9.59. The topological polar surface area (TPSA) is 105 Å². The molecule has 158 valence electrons. The van der Waals surface area contributed by atoms with Gasteiger partial charge in [0.15, 0.2) is 6.61 Å². The van der Waals surface area contributed by atoms with Crippen LogP contribution in [0.3, 0.4) is 0 Å². The number of benzene rings is 2. The smallest absolute Gasteiger partial charge is 0.407 e. The number of carboxylic acid groups (broad SMARTS) is 1. The van der Waals surface area contributed by atoms with Crippen molar-refractivity contribution < 1.29 is 29.1 Å². The lowest BCUT2D eigenvalue weighted by Crippen LogP contribution is -2.39. The summed E-state index contributed by atoms with van der Waals surface area (Å²) in [6, 6.07) is 15.6. The zero-order valence-corrected chi connectivity index (χ0v) is 16.8. The molecule has 2 aromatic carbocycles. The van der Waals surface area contributed by atoms with Crippen molar-refractivity contribution in [3.8, 4) is 11.1 Å². The molecule has 0 aromatic heterocycles. The van der Waals surface area contributed by atoms with Crippen LogP contribution >= 0.6 is 0 Å². The Bertz CT molecular complexity index is 899. The SMILES string of the molecule is C[C@@H](CC(=O)N(C)OCC(=O)O)NC(=O)OCC1c2ccccc2-c2ccccc21. The van der Waals surface area contributed by atoms with E-state index in [1.54, 1.807) is 6.92 Å². The molecule has 2 amide bonds. The van der Waals surface area contributed by atoms with Gasteiger partial charge in [0.25, 0.3) is 0 Å². The van der Waals surface area contributed by atoms with Gasteiger partial charge in [-0.05, 0) is 29.2 Å². The maximum absolute atomic E-state index is 12.2. The average molecular weight is 412 g/mol. The van der Waals surface area contributed by atoms with Gasteiger partial charge in [-0.25, -0.2) is 14.7 Å². The predicted octanol–water partition coefficient (Wildman–Crippen LogP) is 2.78. The number of alkyl carbamates (subject to hydrolysis) is 1. The van der Waals surface area contributed by atoms with Gasteiger partial charge < -0.3 is 15.2 Å². The summed E-state index contributed by atoms with van der Waals surface area (Å²) in [5.74, 6) is -1.68. The number of carbonyl (C=O) groups excluding carboxylic acids is 2. The van der Waals surface area contributed by atoms with Crippen LogP contribution in [0.2, 0.25) is 0 Å². The Labute approximate surface area is 174 Å². The number of hydrogen-bond acceptors (Lipinski definition) is 5. The standard InChI is InChI=1S/C22H24N2O6/c1-14(11-20(25)24(2)30-13-21(26)27)23-22(28)29-12-19-17-9-5-3-7-15(17)16-8-4-6-10-18(16)19/h3-10,14,19H,11-13H2,1-2H3,(H,23,28)(H,26,27)/t14-/m0/s1. The van der Waals surface area contributed by atoms with Gasteiger partial charge in [0.1, 0.15) is 6.61 Å². The highest BCUT2D eigenvalue weighted by Crippen LogP contribution is 2.44. The lowest BCUT2D eigenvalue weighted by molar-refractivity contribution is -0.186. The summed E-state index contributed by atoms with van der Waals surface area (Å²) in [4.78, 5) is 39.5. The normalized spacial score (nSPS) is 13.1. The van der Waals surface area contributed by atoms with E-state index in [-0.39, 0.29) is 18.9 Å². The Balaban J connectivity index is 1.52. The van der Waals surface area contributed by atoms with Crippen LogP contribution in [0.25, 0.3) is 11.1 Å². The Morgan fingerprint density at radius 3 is 2.20 bits per heavy atom. The molecule has 8 heteroatoms. The second-order valence-corrected chi connectivity index (χ2v) is 7.13. The molecular formula is C22H24N2O6. The van der Waals surface area contributed by atoms with E-state index >= 15 is 0 Å². The Morgan fingerprint density at radius 1 is 1.07 bits per heavy atom. The van der Waals surface area contributed by atoms with Crippen molar-refractivity contribution in [3.63, 3.8) is 0 Å². The number of fused-ring (bicyclic) bond motifs is 3. The van der Waals surface area contributed by atoms with E-state index in [1.165, 1.54) is 7.05 Å². The number of hydroxylamine groups is 2. The number of amides is 2. The van der Waals surface area contributed by atoms with Crippen molar-refractivity contribution in [2.45, 2.75) is 25.3 Å². The molecule has 30 heavy (non-hydrogen) atoms. The summed E-state index contributed by atoms with van der Waals surface area (Å²) < 4.78 is 5.45. The Hall–Kier alpha value is -3.39. The zero-order valence-electron chi connectivity index (χ0n) is 16.8. The molecule has 0 saturated heterocycles. The molecule has 0 fully saturated rings. The van der Waals surface area contributed by atoms with Crippen LogP contribution in [0.5, 0.6) is 0 Å². The summed E-state index contributed by atoms with van der Waals surface area (Å²) in [6.45, 7) is 1.23. The molecule has 0 radical (unpaired) electrons. The number of hydrogen-bond donors (Lipinski definition) is 2. The number of nitrogens with zero attached hydrogens (tertiary/aromatic N) is 1. The minimum absolute atomic E-state index is 0.0457. The molecule has 0 spiro atoms. The van der Waals surface area contributed by atoms with Gasteiger partial charge in [0, 0.05) is 25.4 Å². The van der Waals surface area contributed by atoms with E-state index in [2.05, 4.69) is 17.4 Å². The maximum atomic E-state index is 12.2. The number of carbonyl (C=O) groups is 3. The van der Waals surface area contributed by atoms with E-state index in [9.17, 15) is 14.4 Å². The van der Waals surface area contributed by atoms with Crippen LogP contribution in [-0.4, -0.2) is 54.4 Å². The highest BCUT2D eigenvalue weighted by Gasteiger charge is 2.29. The van der Waals surface area contributed by atoms with Crippen molar-refractivity contribution in [2.75, 3.05) is 20.3 Å². The Kier molecular flexibility index (Phi) is 6.68. The molecular weight excluding hydrogens is 388 g/mol. The van der Waals surface area contributed by atoms with Gasteiger partial charge >= 0.3 is 12.1 Å². The van der Waals surface area contributed by atoms with Gasteiger partial charge in [-0.15, -0.1) is 0 Å². The number of nitrogens with one attached hydrogen (secondary N) is 1. The fourth-order valence-electron chi connectivity index (χ4n) is 3.51. The van der Waals surface area contributed by atoms with Crippen LogP contribution in [0, 0.1) is 0 Å². The zero-order chi connectivity index (χ0) is 21.7. The first kappa shape index (κ1) is 21.3. The van der Waals surface area contributed by atoms with Gasteiger partial charge in [-0.2, -0.15) is 0 Å². The summed E-state index contributed by atoms with van der Waals surface area (Å²) >= 11 is 0. The van der Waals surface area contributed by atoms with Crippen LogP contribution < -0.4 is 5.32 Å². The maximum Gasteiger partial charge on any atom is 0.407 e. The lowest BCUT2D eigenvalue weighted by Gasteiger charge is -2.19. The average Bonchev–Trinajstić information content (AvgIpc) is 3.04. The minimum atomic E-state index is -1.18. The fraction of sp³-hybridized carbons (Fsp3) is 0.318. The fourth-order valence-corrected chi connectivity index (χ4v) is 3.51. The molecule has 0 aliphatic heterocycles. The van der Waals surface area contributed by atoms with E-state index in [4.69, 9.17) is 14.7 Å². The van der Waals surface area contributed by atoms with E-state index in [1.807, 2.05) is 36.4 Å². The van der Waals surface area contributed by atoms with E-state index < -0.39 is 30.6 Å². The van der Waals surface area contributed by atoms with Gasteiger partial charge in [0.05, 0.1) is 0 Å². The highest BCUT2D eigenvalue weighted by atomic mass is 16.7. The molecule has 3 rings (SSSR count).